The van der Waals surface area contributed by atoms with Crippen molar-refractivity contribution in [2.24, 2.45) is 0 Å². The summed E-state index contributed by atoms with van der Waals surface area (Å²) in [6.07, 6.45) is 4.56. The highest BCUT2D eigenvalue weighted by molar-refractivity contribution is 5.91. The summed E-state index contributed by atoms with van der Waals surface area (Å²) in [5.74, 6) is 0. The Morgan fingerprint density at radius 1 is 1.14 bits per heavy atom. The molecule has 21 heavy (non-hydrogen) atoms. The van der Waals surface area contributed by atoms with Crippen LogP contribution in [0.15, 0.2) is 36.7 Å². The molecule has 5 nitrogen and oxygen atoms in total. The summed E-state index contributed by atoms with van der Waals surface area (Å²) in [4.78, 5) is 15.2. The van der Waals surface area contributed by atoms with E-state index in [0.29, 0.717) is 5.69 Å². The molecule has 0 bridgehead atoms. The molecular formula is C16H17N3O2. The van der Waals surface area contributed by atoms with E-state index < -0.39 is 0 Å². The highest BCUT2D eigenvalue weighted by atomic mass is 16.2. The van der Waals surface area contributed by atoms with Crippen LogP contribution < -0.4 is 0 Å². The molecule has 0 fully saturated rings. The Labute approximate surface area is 122 Å². The summed E-state index contributed by atoms with van der Waals surface area (Å²) >= 11 is 0. The first-order valence-corrected chi connectivity index (χ1v) is 6.51. The van der Waals surface area contributed by atoms with E-state index in [1.807, 2.05) is 49.1 Å². The molecule has 108 valence electrons. The number of aliphatic hydroxyl groups is 1. The molecule has 1 N–H and O–H groups in total. The fourth-order valence-corrected chi connectivity index (χ4v) is 2.16. The molecule has 0 amide bonds. The third-order valence-corrected chi connectivity index (χ3v) is 3.14. The van der Waals surface area contributed by atoms with E-state index in [9.17, 15) is 4.79 Å². The molecular weight excluding hydrogens is 266 g/mol. The van der Waals surface area contributed by atoms with Gasteiger partial charge in [-0.05, 0) is 43.2 Å². The second-order valence-corrected chi connectivity index (χ2v) is 4.61. The second kappa shape index (κ2) is 6.28. The smallest absolute Gasteiger partial charge is 0.168 e. The maximum Gasteiger partial charge on any atom is 0.168 e. The van der Waals surface area contributed by atoms with Crippen molar-refractivity contribution in [2.75, 3.05) is 7.11 Å². The molecule has 0 saturated heterocycles. The van der Waals surface area contributed by atoms with Crippen LogP contribution in [0.2, 0.25) is 0 Å². The lowest BCUT2D eigenvalue weighted by Crippen LogP contribution is -1.98. The zero-order valence-corrected chi connectivity index (χ0v) is 12.2. The number of aldehydes is 1. The zero-order chi connectivity index (χ0) is 15.4. The number of carbonyl (C=O) groups is 1. The Balaban J connectivity index is 0.000000774. The number of fused-ring (bicyclic) bond motifs is 1. The minimum Gasteiger partial charge on any atom is -0.400 e. The average molecular weight is 283 g/mol. The monoisotopic (exact) mass is 283 g/mol. The average Bonchev–Trinajstić information content (AvgIpc) is 2.96. The van der Waals surface area contributed by atoms with E-state index in [0.717, 1.165) is 41.1 Å². The summed E-state index contributed by atoms with van der Waals surface area (Å²) in [6.45, 7) is 3.99. The second-order valence-electron chi connectivity index (χ2n) is 4.61. The van der Waals surface area contributed by atoms with Crippen molar-refractivity contribution in [1.82, 2.24) is 14.8 Å². The Morgan fingerprint density at radius 2 is 1.90 bits per heavy atom. The molecule has 2 aromatic heterocycles. The zero-order valence-electron chi connectivity index (χ0n) is 12.2. The maximum absolute atomic E-state index is 10.8. The molecule has 3 aromatic rings. The van der Waals surface area contributed by atoms with Crippen LogP contribution in [0, 0.1) is 13.8 Å². The summed E-state index contributed by atoms with van der Waals surface area (Å²) in [7, 11) is 1.00. The van der Waals surface area contributed by atoms with Crippen molar-refractivity contribution in [3.05, 3.63) is 53.5 Å². The molecule has 0 radical (unpaired) electrons. The number of aryl methyl sites for hydroxylation is 2. The Kier molecular flexibility index (Phi) is 4.45. The summed E-state index contributed by atoms with van der Waals surface area (Å²) in [6, 6.07) is 7.67. The fourth-order valence-electron chi connectivity index (χ4n) is 2.16. The van der Waals surface area contributed by atoms with E-state index in [1.54, 1.807) is 6.07 Å². The quantitative estimate of drug-likeness (QED) is 0.734. The van der Waals surface area contributed by atoms with Gasteiger partial charge in [0.25, 0.3) is 0 Å². The van der Waals surface area contributed by atoms with Crippen molar-refractivity contribution < 1.29 is 9.90 Å². The van der Waals surface area contributed by atoms with E-state index in [2.05, 4.69) is 10.1 Å². The molecule has 0 atom stereocenters. The normalized spacial score (nSPS) is 10.1. The van der Waals surface area contributed by atoms with Crippen molar-refractivity contribution in [3.8, 4) is 5.69 Å². The van der Waals surface area contributed by atoms with Crippen LogP contribution in [0.1, 0.15) is 21.6 Å². The van der Waals surface area contributed by atoms with Gasteiger partial charge in [-0.2, -0.15) is 5.10 Å². The van der Waals surface area contributed by atoms with E-state index in [1.165, 1.54) is 0 Å². The summed E-state index contributed by atoms with van der Waals surface area (Å²) < 4.78 is 1.83. The SMILES string of the molecule is CO.Cc1cnn(-c2ccc(C)c3nc(C=O)ccc23)c1. The van der Waals surface area contributed by atoms with Crippen LogP contribution in [-0.4, -0.2) is 33.3 Å². The van der Waals surface area contributed by atoms with Gasteiger partial charge in [-0.25, -0.2) is 9.67 Å². The minimum absolute atomic E-state index is 0.449. The van der Waals surface area contributed by atoms with E-state index in [-0.39, 0.29) is 0 Å². The predicted molar refractivity (Wildman–Crippen MR) is 81.9 cm³/mol. The lowest BCUT2D eigenvalue weighted by Gasteiger charge is -2.08. The number of hydrogen-bond donors (Lipinski definition) is 1. The number of pyridine rings is 1. The molecule has 0 spiro atoms. The summed E-state index contributed by atoms with van der Waals surface area (Å²) in [5.41, 5.74) is 4.41. The Morgan fingerprint density at radius 3 is 2.52 bits per heavy atom. The van der Waals surface area contributed by atoms with Gasteiger partial charge in [0.15, 0.2) is 6.29 Å². The highest BCUT2D eigenvalue weighted by Crippen LogP contribution is 2.24. The highest BCUT2D eigenvalue weighted by Gasteiger charge is 2.08. The minimum atomic E-state index is 0.449. The molecule has 0 aliphatic heterocycles. The van der Waals surface area contributed by atoms with Crippen molar-refractivity contribution in [1.29, 1.82) is 0 Å². The van der Waals surface area contributed by atoms with Crippen LogP contribution in [0.5, 0.6) is 0 Å². The van der Waals surface area contributed by atoms with Gasteiger partial charge in [-0.15, -0.1) is 0 Å². The van der Waals surface area contributed by atoms with Crippen molar-refractivity contribution in [2.45, 2.75) is 13.8 Å². The third-order valence-electron chi connectivity index (χ3n) is 3.14. The maximum atomic E-state index is 10.8. The van der Waals surface area contributed by atoms with Gasteiger partial charge in [0.2, 0.25) is 0 Å². The van der Waals surface area contributed by atoms with Crippen LogP contribution in [-0.2, 0) is 0 Å². The van der Waals surface area contributed by atoms with Crippen molar-refractivity contribution in [3.63, 3.8) is 0 Å². The van der Waals surface area contributed by atoms with Gasteiger partial charge in [0.05, 0.1) is 17.4 Å². The lowest BCUT2D eigenvalue weighted by molar-refractivity contribution is 0.111. The Bertz CT molecular complexity index is 778. The van der Waals surface area contributed by atoms with Gasteiger partial charge in [-0.1, -0.05) is 6.07 Å². The Hall–Kier alpha value is -2.53. The fraction of sp³-hybridized carbons (Fsp3) is 0.188. The molecule has 0 aliphatic carbocycles. The summed E-state index contributed by atoms with van der Waals surface area (Å²) in [5, 5.41) is 12.3. The largest absolute Gasteiger partial charge is 0.400 e. The third kappa shape index (κ3) is 2.83. The first kappa shape index (κ1) is 14.9. The number of carbonyl (C=O) groups excluding carboxylic acids is 1. The lowest BCUT2D eigenvalue weighted by atomic mass is 10.1. The number of nitrogens with zero attached hydrogens (tertiary/aromatic N) is 3. The van der Waals surface area contributed by atoms with E-state index in [4.69, 9.17) is 5.11 Å². The van der Waals surface area contributed by atoms with Crippen LogP contribution >= 0.6 is 0 Å². The molecule has 5 heteroatoms. The number of aromatic nitrogens is 3. The van der Waals surface area contributed by atoms with E-state index >= 15 is 0 Å². The molecule has 3 rings (SSSR count). The number of rotatable bonds is 2. The number of hydrogen-bond acceptors (Lipinski definition) is 4. The van der Waals surface area contributed by atoms with Gasteiger partial charge in [0.1, 0.15) is 5.69 Å². The van der Waals surface area contributed by atoms with Gasteiger partial charge >= 0.3 is 0 Å². The first-order valence-electron chi connectivity index (χ1n) is 6.51. The van der Waals surface area contributed by atoms with Crippen molar-refractivity contribution >= 4 is 17.2 Å². The van der Waals surface area contributed by atoms with Crippen LogP contribution in [0.25, 0.3) is 16.6 Å². The number of benzene rings is 1. The van der Waals surface area contributed by atoms with Crippen LogP contribution in [0.3, 0.4) is 0 Å². The van der Waals surface area contributed by atoms with Gasteiger partial charge in [0, 0.05) is 18.7 Å². The number of aliphatic hydroxyl groups excluding tert-OH is 1. The topological polar surface area (TPSA) is 68.0 Å². The predicted octanol–water partition coefficient (Wildman–Crippen LogP) is 2.46. The molecule has 2 heterocycles. The molecule has 0 aliphatic rings. The molecule has 1 aromatic carbocycles. The molecule has 0 saturated carbocycles. The van der Waals surface area contributed by atoms with Gasteiger partial charge in [-0.3, -0.25) is 4.79 Å². The first-order chi connectivity index (χ1) is 10.2. The van der Waals surface area contributed by atoms with Crippen LogP contribution in [0.4, 0.5) is 0 Å². The molecule has 0 unspecified atom stereocenters. The standard InChI is InChI=1S/C15H13N3O.CH4O/c1-10-7-16-18(8-10)14-6-3-11(2)15-13(14)5-4-12(9-19)17-15;1-2/h3-9H,1-2H3;2H,1H3. The van der Waals surface area contributed by atoms with Gasteiger partial charge < -0.3 is 5.11 Å².